The van der Waals surface area contributed by atoms with Crippen molar-refractivity contribution >= 4 is 11.4 Å². The van der Waals surface area contributed by atoms with Gasteiger partial charge < -0.3 is 5.32 Å². The highest BCUT2D eigenvalue weighted by Gasteiger charge is 2.39. The van der Waals surface area contributed by atoms with Crippen molar-refractivity contribution in [3.63, 3.8) is 0 Å². The van der Waals surface area contributed by atoms with E-state index in [0.29, 0.717) is 6.04 Å². The van der Waals surface area contributed by atoms with E-state index >= 15 is 0 Å². The third kappa shape index (κ3) is 1.99. The van der Waals surface area contributed by atoms with Crippen LogP contribution in [0.25, 0.3) is 0 Å². The van der Waals surface area contributed by atoms with Crippen LogP contribution in [0.5, 0.6) is 0 Å². The van der Waals surface area contributed by atoms with Crippen LogP contribution in [0.3, 0.4) is 0 Å². The van der Waals surface area contributed by atoms with E-state index < -0.39 is 0 Å². The lowest BCUT2D eigenvalue weighted by Crippen LogP contribution is -2.25. The number of fused-ring (bicyclic) bond motifs is 2. The number of anilines is 1. The molecule has 1 aromatic rings. The quantitative estimate of drug-likeness (QED) is 0.643. The van der Waals surface area contributed by atoms with Gasteiger partial charge in [0.1, 0.15) is 0 Å². The maximum Gasteiger partial charge on any atom is 0.271 e. The topological polar surface area (TPSA) is 55.2 Å². The van der Waals surface area contributed by atoms with Crippen molar-refractivity contribution in [2.75, 3.05) is 5.32 Å². The summed E-state index contributed by atoms with van der Waals surface area (Å²) < 4.78 is 0. The van der Waals surface area contributed by atoms with Gasteiger partial charge in [0.15, 0.2) is 0 Å². The molecule has 2 bridgehead atoms. The van der Waals surface area contributed by atoms with E-state index in [4.69, 9.17) is 0 Å². The number of nitrogens with zero attached hydrogens (tertiary/aromatic N) is 1. The smallest absolute Gasteiger partial charge is 0.271 e. The normalized spacial score (nSPS) is 30.5. The zero-order valence-electron chi connectivity index (χ0n) is 9.63. The van der Waals surface area contributed by atoms with Gasteiger partial charge in [-0.25, -0.2) is 0 Å². The van der Waals surface area contributed by atoms with Crippen LogP contribution in [-0.2, 0) is 0 Å². The van der Waals surface area contributed by atoms with Crippen molar-refractivity contribution < 1.29 is 4.92 Å². The van der Waals surface area contributed by atoms with E-state index in [2.05, 4.69) is 5.32 Å². The molecule has 4 nitrogen and oxygen atoms in total. The van der Waals surface area contributed by atoms with E-state index in [1.165, 1.54) is 31.7 Å². The summed E-state index contributed by atoms with van der Waals surface area (Å²) in [7, 11) is 0. The minimum Gasteiger partial charge on any atom is -0.382 e. The Labute approximate surface area is 100 Å². The van der Waals surface area contributed by atoms with Crippen LogP contribution in [0.15, 0.2) is 24.3 Å². The zero-order valence-corrected chi connectivity index (χ0v) is 9.63. The third-order valence-corrected chi connectivity index (χ3v) is 4.15. The number of rotatable bonds is 3. The highest BCUT2D eigenvalue weighted by atomic mass is 16.6. The van der Waals surface area contributed by atoms with Gasteiger partial charge >= 0.3 is 0 Å². The van der Waals surface area contributed by atoms with E-state index in [1.54, 1.807) is 12.1 Å². The minimum atomic E-state index is -0.341. The van der Waals surface area contributed by atoms with E-state index in [0.717, 1.165) is 17.5 Å². The fourth-order valence-electron chi connectivity index (χ4n) is 3.34. The van der Waals surface area contributed by atoms with Gasteiger partial charge in [-0.3, -0.25) is 10.1 Å². The van der Waals surface area contributed by atoms with E-state index in [-0.39, 0.29) is 10.6 Å². The maximum absolute atomic E-state index is 10.7. The molecule has 0 radical (unpaired) electrons. The Morgan fingerprint density at radius 3 is 2.82 bits per heavy atom. The van der Waals surface area contributed by atoms with Gasteiger partial charge in [0.25, 0.3) is 5.69 Å². The number of nitrogens with one attached hydrogen (secondary N) is 1. The van der Waals surface area contributed by atoms with Crippen LogP contribution in [0.4, 0.5) is 11.4 Å². The Morgan fingerprint density at radius 1 is 1.29 bits per heavy atom. The van der Waals surface area contributed by atoms with Gasteiger partial charge in [0, 0.05) is 23.9 Å². The molecule has 0 amide bonds. The molecule has 0 spiro atoms. The van der Waals surface area contributed by atoms with Gasteiger partial charge in [-0.2, -0.15) is 0 Å². The van der Waals surface area contributed by atoms with Crippen molar-refractivity contribution in [2.45, 2.75) is 31.7 Å². The van der Waals surface area contributed by atoms with Crippen LogP contribution in [0, 0.1) is 22.0 Å². The lowest BCUT2D eigenvalue weighted by Gasteiger charge is -2.23. The number of hydrogen-bond acceptors (Lipinski definition) is 3. The van der Waals surface area contributed by atoms with Crippen molar-refractivity contribution in [2.24, 2.45) is 11.8 Å². The van der Waals surface area contributed by atoms with Crippen molar-refractivity contribution in [3.8, 4) is 0 Å². The molecule has 3 unspecified atom stereocenters. The lowest BCUT2D eigenvalue weighted by molar-refractivity contribution is -0.384. The number of benzene rings is 1. The number of nitro groups is 1. The van der Waals surface area contributed by atoms with Gasteiger partial charge in [-0.05, 0) is 37.2 Å². The Kier molecular flexibility index (Phi) is 2.50. The molecule has 1 aromatic carbocycles. The largest absolute Gasteiger partial charge is 0.382 e. The summed E-state index contributed by atoms with van der Waals surface area (Å²) in [4.78, 5) is 10.4. The monoisotopic (exact) mass is 232 g/mol. The average Bonchev–Trinajstić information content (AvgIpc) is 2.91. The second kappa shape index (κ2) is 4.02. The van der Waals surface area contributed by atoms with Crippen molar-refractivity contribution in [1.82, 2.24) is 0 Å². The fraction of sp³-hybridized carbons (Fsp3) is 0.538. The summed E-state index contributed by atoms with van der Waals surface area (Å²) in [6.45, 7) is 0. The Bertz CT molecular complexity index is 447. The first-order valence-electron chi connectivity index (χ1n) is 6.23. The number of non-ortho nitro benzene ring substituents is 1. The highest BCUT2D eigenvalue weighted by molar-refractivity contribution is 5.51. The molecule has 2 aliphatic rings. The summed E-state index contributed by atoms with van der Waals surface area (Å²) >= 11 is 0. The summed E-state index contributed by atoms with van der Waals surface area (Å²) in [6.07, 6.45) is 5.26. The molecular formula is C13H16N2O2. The molecule has 90 valence electrons. The van der Waals surface area contributed by atoms with Crippen LogP contribution in [-0.4, -0.2) is 11.0 Å². The summed E-state index contributed by atoms with van der Waals surface area (Å²) in [5.41, 5.74) is 1.05. The molecule has 2 saturated carbocycles. The maximum atomic E-state index is 10.7. The number of nitro benzene ring substituents is 1. The molecule has 17 heavy (non-hydrogen) atoms. The second-order valence-electron chi connectivity index (χ2n) is 5.23. The molecule has 1 N–H and O–H groups in total. The summed E-state index contributed by atoms with van der Waals surface area (Å²) in [5, 5.41) is 14.2. The van der Waals surface area contributed by atoms with E-state index in [1.807, 2.05) is 6.07 Å². The molecule has 0 heterocycles. The Hall–Kier alpha value is -1.58. The zero-order chi connectivity index (χ0) is 11.8. The molecule has 0 aromatic heterocycles. The van der Waals surface area contributed by atoms with Crippen LogP contribution in [0.1, 0.15) is 25.7 Å². The molecule has 4 heteroatoms. The SMILES string of the molecule is O=[N+]([O-])c1cccc(NC2CC3CCC2C3)c1. The molecular weight excluding hydrogens is 216 g/mol. The summed E-state index contributed by atoms with van der Waals surface area (Å²) in [5.74, 6) is 1.66. The van der Waals surface area contributed by atoms with Gasteiger partial charge in [0.2, 0.25) is 0 Å². The lowest BCUT2D eigenvalue weighted by atomic mass is 9.95. The molecule has 2 fully saturated rings. The molecule has 3 atom stereocenters. The van der Waals surface area contributed by atoms with E-state index in [9.17, 15) is 10.1 Å². The van der Waals surface area contributed by atoms with Crippen molar-refractivity contribution in [1.29, 1.82) is 0 Å². The molecule has 2 aliphatic carbocycles. The van der Waals surface area contributed by atoms with Gasteiger partial charge in [0.05, 0.1) is 4.92 Å². The Morgan fingerprint density at radius 2 is 2.18 bits per heavy atom. The molecule has 3 rings (SSSR count). The van der Waals surface area contributed by atoms with Crippen molar-refractivity contribution in [3.05, 3.63) is 34.4 Å². The first kappa shape index (κ1) is 10.6. The molecule has 0 aliphatic heterocycles. The Balaban J connectivity index is 1.73. The van der Waals surface area contributed by atoms with Gasteiger partial charge in [-0.15, -0.1) is 0 Å². The molecule has 0 saturated heterocycles. The predicted molar refractivity (Wildman–Crippen MR) is 66.0 cm³/mol. The first-order valence-corrected chi connectivity index (χ1v) is 6.23. The minimum absolute atomic E-state index is 0.165. The average molecular weight is 232 g/mol. The standard InChI is InChI=1S/C13H16N2O2/c16-15(17)12-3-1-2-11(8-12)14-13-7-9-4-5-10(13)6-9/h1-3,8-10,13-14H,4-7H2. The highest BCUT2D eigenvalue weighted by Crippen LogP contribution is 2.45. The third-order valence-electron chi connectivity index (χ3n) is 4.15. The van der Waals surface area contributed by atoms with Crippen LogP contribution >= 0.6 is 0 Å². The predicted octanol–water partition coefficient (Wildman–Crippen LogP) is 3.20. The number of hydrogen-bond donors (Lipinski definition) is 1. The van der Waals surface area contributed by atoms with Gasteiger partial charge in [-0.1, -0.05) is 12.5 Å². The summed E-state index contributed by atoms with van der Waals surface area (Å²) in [6, 6.07) is 7.35. The fourth-order valence-corrected chi connectivity index (χ4v) is 3.34. The van der Waals surface area contributed by atoms with Crippen LogP contribution in [0.2, 0.25) is 0 Å². The second-order valence-corrected chi connectivity index (χ2v) is 5.23. The first-order chi connectivity index (χ1) is 8.22. The van der Waals surface area contributed by atoms with Crippen LogP contribution < -0.4 is 5.32 Å².